The molecule has 82 valence electrons. The quantitative estimate of drug-likeness (QED) is 0.666. The van der Waals surface area contributed by atoms with E-state index in [-0.39, 0.29) is 0 Å². The second kappa shape index (κ2) is 10.6. The molecule has 1 aromatic rings. The minimum atomic E-state index is 1.14. The highest BCUT2D eigenvalue weighted by atomic mass is 16.5. The fraction of sp³-hybridized carbons (Fsp3) is 0.286. The van der Waals surface area contributed by atoms with Crippen LogP contribution in [0.4, 0.5) is 0 Å². The molecule has 0 unspecified atom stereocenters. The number of rotatable bonds is 3. The Kier molecular flexibility index (Phi) is 9.52. The van der Waals surface area contributed by atoms with Gasteiger partial charge in [-0.25, -0.2) is 0 Å². The van der Waals surface area contributed by atoms with Crippen LogP contribution in [0.1, 0.15) is 26.3 Å². The van der Waals surface area contributed by atoms with Gasteiger partial charge in [-0.3, -0.25) is 0 Å². The first-order valence-electron chi connectivity index (χ1n) is 5.26. The number of allylic oxidation sites excluding steroid dienone is 2. The zero-order valence-electron chi connectivity index (χ0n) is 9.81. The molecule has 0 spiro atoms. The number of hydrogen-bond donors (Lipinski definition) is 0. The van der Waals surface area contributed by atoms with Crippen molar-refractivity contribution in [2.45, 2.75) is 27.2 Å². The Balaban J connectivity index is 0.000000265. The normalized spacial score (nSPS) is 10.1. The highest BCUT2D eigenvalue weighted by Gasteiger charge is 1.79. The van der Waals surface area contributed by atoms with E-state index >= 15 is 0 Å². The first-order chi connectivity index (χ1) is 7.35. The van der Waals surface area contributed by atoms with Crippen LogP contribution in [0.15, 0.2) is 55.0 Å². The molecule has 0 amide bonds. The maximum absolute atomic E-state index is 4.77. The molecule has 0 aliphatic carbocycles. The van der Waals surface area contributed by atoms with Crippen molar-refractivity contribution in [3.8, 4) is 0 Å². The van der Waals surface area contributed by atoms with E-state index in [9.17, 15) is 0 Å². The van der Waals surface area contributed by atoms with Crippen LogP contribution < -0.4 is 0 Å². The predicted octanol–water partition coefficient (Wildman–Crippen LogP) is 4.32. The van der Waals surface area contributed by atoms with Crippen LogP contribution in [0.5, 0.6) is 0 Å². The van der Waals surface area contributed by atoms with Crippen molar-refractivity contribution < 1.29 is 4.74 Å². The van der Waals surface area contributed by atoms with Crippen LogP contribution in [0, 0.1) is 0 Å². The van der Waals surface area contributed by atoms with E-state index in [1.807, 2.05) is 32.1 Å². The van der Waals surface area contributed by atoms with Gasteiger partial charge in [-0.1, -0.05) is 49.4 Å². The Bertz CT molecular complexity index is 263. The summed E-state index contributed by atoms with van der Waals surface area (Å²) < 4.78 is 4.77. The number of aryl methyl sites for hydroxylation is 1. The Labute approximate surface area is 93.1 Å². The lowest BCUT2D eigenvalue weighted by molar-refractivity contribution is 0.401. The summed E-state index contributed by atoms with van der Waals surface area (Å²) in [6, 6.07) is 10.5. The van der Waals surface area contributed by atoms with E-state index in [1.165, 1.54) is 5.56 Å². The second-order valence-corrected chi connectivity index (χ2v) is 2.91. The van der Waals surface area contributed by atoms with Gasteiger partial charge in [0.2, 0.25) is 0 Å². The van der Waals surface area contributed by atoms with Crippen LogP contribution in [0.3, 0.4) is 0 Å². The van der Waals surface area contributed by atoms with Gasteiger partial charge in [-0.05, 0) is 25.8 Å². The predicted molar refractivity (Wildman–Crippen MR) is 66.5 cm³/mol. The first-order valence-corrected chi connectivity index (χ1v) is 5.26. The van der Waals surface area contributed by atoms with E-state index in [1.54, 1.807) is 12.5 Å². The highest BCUT2D eigenvalue weighted by molar-refractivity contribution is 5.13. The van der Waals surface area contributed by atoms with Gasteiger partial charge < -0.3 is 4.74 Å². The SMILES string of the molecule is CC=COC=CC.CCc1ccccc1. The summed E-state index contributed by atoms with van der Waals surface area (Å²) in [6.45, 7) is 5.97. The zero-order chi connectivity index (χ0) is 11.4. The standard InChI is InChI=1S/C8H10.C6H10O/c1-2-8-6-4-3-5-7-8;1-3-5-7-6-4-2/h3-7H,2H2,1H3;3-6H,1-2H3. The van der Waals surface area contributed by atoms with E-state index in [2.05, 4.69) is 31.2 Å². The Hall–Kier alpha value is -1.50. The van der Waals surface area contributed by atoms with E-state index in [4.69, 9.17) is 4.74 Å². The maximum Gasteiger partial charge on any atom is 0.0858 e. The second-order valence-electron chi connectivity index (χ2n) is 2.91. The fourth-order valence-corrected chi connectivity index (χ4v) is 0.916. The number of ether oxygens (including phenoxy) is 1. The molecule has 0 fully saturated rings. The summed E-state index contributed by atoms with van der Waals surface area (Å²) in [5.41, 5.74) is 1.41. The van der Waals surface area contributed by atoms with E-state index < -0.39 is 0 Å². The van der Waals surface area contributed by atoms with Crippen molar-refractivity contribution in [1.82, 2.24) is 0 Å². The summed E-state index contributed by atoms with van der Waals surface area (Å²) in [6.07, 6.45) is 8.06. The Morgan fingerprint density at radius 2 is 1.53 bits per heavy atom. The van der Waals surface area contributed by atoms with Crippen LogP contribution in [-0.4, -0.2) is 0 Å². The molecule has 0 atom stereocenters. The molecule has 0 heterocycles. The molecule has 0 aliphatic rings. The lowest BCUT2D eigenvalue weighted by Gasteiger charge is -1.89. The molecular formula is C14H20O. The van der Waals surface area contributed by atoms with Crippen LogP contribution in [0.2, 0.25) is 0 Å². The molecule has 0 radical (unpaired) electrons. The molecular weight excluding hydrogens is 184 g/mol. The molecule has 1 nitrogen and oxygen atoms in total. The topological polar surface area (TPSA) is 9.23 Å². The van der Waals surface area contributed by atoms with Crippen molar-refractivity contribution >= 4 is 0 Å². The summed E-state index contributed by atoms with van der Waals surface area (Å²) in [5.74, 6) is 0. The summed E-state index contributed by atoms with van der Waals surface area (Å²) in [7, 11) is 0. The van der Waals surface area contributed by atoms with E-state index in [0.717, 1.165) is 6.42 Å². The van der Waals surface area contributed by atoms with Gasteiger partial charge in [0.1, 0.15) is 0 Å². The molecule has 1 heteroatoms. The molecule has 1 aromatic carbocycles. The third-order valence-electron chi connectivity index (χ3n) is 1.68. The minimum absolute atomic E-state index is 1.14. The minimum Gasteiger partial charge on any atom is -0.473 e. The van der Waals surface area contributed by atoms with Crippen LogP contribution >= 0.6 is 0 Å². The third-order valence-corrected chi connectivity index (χ3v) is 1.68. The van der Waals surface area contributed by atoms with Gasteiger partial charge in [0, 0.05) is 0 Å². The van der Waals surface area contributed by atoms with E-state index in [0.29, 0.717) is 0 Å². The lowest BCUT2D eigenvalue weighted by Crippen LogP contribution is -1.73. The molecule has 0 aromatic heterocycles. The molecule has 0 aliphatic heterocycles. The van der Waals surface area contributed by atoms with Gasteiger partial charge in [-0.2, -0.15) is 0 Å². The monoisotopic (exact) mass is 204 g/mol. The van der Waals surface area contributed by atoms with Gasteiger partial charge in [0.25, 0.3) is 0 Å². The van der Waals surface area contributed by atoms with Crippen molar-refractivity contribution in [3.63, 3.8) is 0 Å². The van der Waals surface area contributed by atoms with Crippen LogP contribution in [-0.2, 0) is 11.2 Å². The Morgan fingerprint density at radius 1 is 1.00 bits per heavy atom. The van der Waals surface area contributed by atoms with Crippen molar-refractivity contribution in [2.24, 2.45) is 0 Å². The largest absolute Gasteiger partial charge is 0.473 e. The summed E-state index contributed by atoms with van der Waals surface area (Å²) in [4.78, 5) is 0. The average molecular weight is 204 g/mol. The average Bonchev–Trinajstić information content (AvgIpc) is 2.32. The first kappa shape index (κ1) is 13.5. The Morgan fingerprint density at radius 3 is 1.87 bits per heavy atom. The van der Waals surface area contributed by atoms with Crippen LogP contribution in [0.25, 0.3) is 0 Å². The van der Waals surface area contributed by atoms with Crippen molar-refractivity contribution in [2.75, 3.05) is 0 Å². The van der Waals surface area contributed by atoms with Gasteiger partial charge >= 0.3 is 0 Å². The smallest absolute Gasteiger partial charge is 0.0858 e. The summed E-state index contributed by atoms with van der Waals surface area (Å²) >= 11 is 0. The van der Waals surface area contributed by atoms with Crippen molar-refractivity contribution in [1.29, 1.82) is 0 Å². The molecule has 0 saturated heterocycles. The number of hydrogen-bond acceptors (Lipinski definition) is 1. The van der Waals surface area contributed by atoms with Gasteiger partial charge in [-0.15, -0.1) is 0 Å². The summed E-state index contributed by atoms with van der Waals surface area (Å²) in [5, 5.41) is 0. The maximum atomic E-state index is 4.77. The number of benzene rings is 1. The van der Waals surface area contributed by atoms with Gasteiger partial charge in [0.05, 0.1) is 12.5 Å². The lowest BCUT2D eigenvalue weighted by atomic mass is 10.2. The van der Waals surface area contributed by atoms with Gasteiger partial charge in [0.15, 0.2) is 0 Å². The van der Waals surface area contributed by atoms with Crippen molar-refractivity contribution in [3.05, 3.63) is 60.6 Å². The molecule has 1 rings (SSSR count). The third kappa shape index (κ3) is 8.82. The highest BCUT2D eigenvalue weighted by Crippen LogP contribution is 1.96. The molecule has 0 bridgehead atoms. The molecule has 0 saturated carbocycles. The molecule has 0 N–H and O–H groups in total. The fourth-order valence-electron chi connectivity index (χ4n) is 0.916. The molecule has 15 heavy (non-hydrogen) atoms. The zero-order valence-corrected chi connectivity index (χ0v) is 9.81.